The summed E-state index contributed by atoms with van der Waals surface area (Å²) in [6.07, 6.45) is 5.53. The summed E-state index contributed by atoms with van der Waals surface area (Å²) >= 11 is -0.750. The SMILES string of the molecule is Cc1ccc(OC2CCN(C(=O)c3ccc(C(=O)Cc4ccc(Cc5ccc(F)cc5)nc4)cn3)CC2)cc1.O=S=O. The molecule has 3 heterocycles. The number of benzene rings is 2. The maximum atomic E-state index is 13.1. The number of rotatable bonds is 8. The zero-order valence-electron chi connectivity index (χ0n) is 23.1. The second-order valence-corrected chi connectivity index (χ2v) is 10.1. The first-order chi connectivity index (χ1) is 20.3. The lowest BCUT2D eigenvalue weighted by atomic mass is 10.0. The van der Waals surface area contributed by atoms with Crippen molar-refractivity contribution in [2.75, 3.05) is 13.1 Å². The zero-order valence-corrected chi connectivity index (χ0v) is 23.9. The van der Waals surface area contributed by atoms with Crippen LogP contribution in [-0.4, -0.2) is 54.2 Å². The van der Waals surface area contributed by atoms with Crippen LogP contribution in [0.5, 0.6) is 5.75 Å². The molecule has 10 heteroatoms. The Balaban J connectivity index is 0.00000129. The predicted octanol–water partition coefficient (Wildman–Crippen LogP) is 4.95. The number of Topliss-reactive ketones (excluding diaryl/α,β-unsaturated/α-hetero) is 1. The zero-order chi connectivity index (χ0) is 29.9. The van der Waals surface area contributed by atoms with Gasteiger partial charge in [0.15, 0.2) is 5.78 Å². The van der Waals surface area contributed by atoms with Gasteiger partial charge in [-0.05, 0) is 60.5 Å². The minimum absolute atomic E-state index is 0.0798. The summed E-state index contributed by atoms with van der Waals surface area (Å²) in [4.78, 5) is 36.3. The standard InChI is InChI=1S/C32H30FN3O3.O2S/c1-22-2-11-28(12-3-22)39-29-14-16-36(17-15-29)32(38)30-13-7-25(21-35-30)31(37)19-24-6-10-27(34-20-24)18-23-4-8-26(33)9-5-23;1-3-2/h2-13,20-21,29H,14-19H2,1H3;. The molecule has 0 spiro atoms. The molecule has 42 heavy (non-hydrogen) atoms. The van der Waals surface area contributed by atoms with Crippen molar-refractivity contribution in [3.8, 4) is 5.75 Å². The molecule has 1 fully saturated rings. The first-order valence-corrected chi connectivity index (χ1v) is 14.1. The lowest BCUT2D eigenvalue weighted by Crippen LogP contribution is -2.42. The van der Waals surface area contributed by atoms with E-state index in [2.05, 4.69) is 9.97 Å². The van der Waals surface area contributed by atoms with Gasteiger partial charge in [-0.25, -0.2) is 4.39 Å². The molecule has 5 rings (SSSR count). The Bertz CT molecular complexity index is 1510. The third-order valence-electron chi connectivity index (χ3n) is 6.91. The number of halogens is 1. The number of hydrogen-bond donors (Lipinski definition) is 0. The molecule has 4 aromatic rings. The van der Waals surface area contributed by atoms with Crippen LogP contribution in [0.4, 0.5) is 4.39 Å². The number of ether oxygens (including phenoxy) is 1. The second-order valence-electron chi connectivity index (χ2n) is 9.98. The largest absolute Gasteiger partial charge is 0.490 e. The fourth-order valence-corrected chi connectivity index (χ4v) is 4.60. The summed E-state index contributed by atoms with van der Waals surface area (Å²) < 4.78 is 35.7. The van der Waals surface area contributed by atoms with Gasteiger partial charge >= 0.3 is 11.6 Å². The number of likely N-dealkylation sites (tertiary alicyclic amines) is 1. The van der Waals surface area contributed by atoms with Gasteiger partial charge in [0.05, 0.1) is 0 Å². The van der Waals surface area contributed by atoms with Gasteiger partial charge in [-0.2, -0.15) is 8.42 Å². The second kappa shape index (κ2) is 14.9. The van der Waals surface area contributed by atoms with E-state index < -0.39 is 11.6 Å². The number of hydrogen-bond acceptors (Lipinski definition) is 7. The van der Waals surface area contributed by atoms with Crippen molar-refractivity contribution in [1.29, 1.82) is 0 Å². The van der Waals surface area contributed by atoms with E-state index in [-0.39, 0.29) is 30.0 Å². The monoisotopic (exact) mass is 587 g/mol. The summed E-state index contributed by atoms with van der Waals surface area (Å²) in [5.41, 5.74) is 4.57. The molecule has 216 valence electrons. The van der Waals surface area contributed by atoms with Gasteiger partial charge in [-0.1, -0.05) is 35.9 Å². The molecule has 2 aromatic carbocycles. The van der Waals surface area contributed by atoms with Gasteiger partial charge in [0, 0.05) is 62.4 Å². The molecule has 1 saturated heterocycles. The molecule has 0 atom stereocenters. The third-order valence-corrected chi connectivity index (χ3v) is 6.91. The quantitative estimate of drug-likeness (QED) is 0.269. The summed E-state index contributed by atoms with van der Waals surface area (Å²) in [5, 5.41) is 0. The number of amides is 1. The van der Waals surface area contributed by atoms with Crippen LogP contribution in [0.15, 0.2) is 85.2 Å². The van der Waals surface area contributed by atoms with Gasteiger partial charge in [-0.15, -0.1) is 0 Å². The van der Waals surface area contributed by atoms with E-state index >= 15 is 0 Å². The fraction of sp³-hybridized carbons (Fsp3) is 0.250. The maximum Gasteiger partial charge on any atom is 0.335 e. The first kappa shape index (κ1) is 30.4. The van der Waals surface area contributed by atoms with E-state index in [0.29, 0.717) is 30.8 Å². The number of aryl methyl sites for hydroxylation is 1. The Morgan fingerprint density at radius 2 is 1.55 bits per heavy atom. The molecule has 0 aliphatic carbocycles. The van der Waals surface area contributed by atoms with Crippen molar-refractivity contribution < 1.29 is 27.1 Å². The van der Waals surface area contributed by atoms with E-state index in [0.717, 1.165) is 35.4 Å². The average molecular weight is 588 g/mol. The van der Waals surface area contributed by atoms with Crippen LogP contribution in [0.3, 0.4) is 0 Å². The number of carbonyl (C=O) groups excluding carboxylic acids is 2. The molecule has 0 bridgehead atoms. The van der Waals surface area contributed by atoms with Crippen molar-refractivity contribution in [2.45, 2.75) is 38.7 Å². The Labute approximate surface area is 247 Å². The number of aromatic nitrogens is 2. The average Bonchev–Trinajstić information content (AvgIpc) is 3.01. The Morgan fingerprint density at radius 3 is 2.14 bits per heavy atom. The number of pyridine rings is 2. The molecule has 1 aliphatic rings. The summed E-state index contributed by atoms with van der Waals surface area (Å²) in [5.74, 6) is 0.355. The van der Waals surface area contributed by atoms with Gasteiger partial charge in [0.2, 0.25) is 0 Å². The highest BCUT2D eigenvalue weighted by molar-refractivity contribution is 7.51. The van der Waals surface area contributed by atoms with Crippen LogP contribution in [0, 0.1) is 12.7 Å². The van der Waals surface area contributed by atoms with Gasteiger partial charge in [-0.3, -0.25) is 19.6 Å². The lowest BCUT2D eigenvalue weighted by Gasteiger charge is -2.32. The molecule has 2 aromatic heterocycles. The molecule has 0 saturated carbocycles. The van der Waals surface area contributed by atoms with E-state index in [1.165, 1.54) is 23.9 Å². The van der Waals surface area contributed by atoms with Crippen LogP contribution in [0.25, 0.3) is 0 Å². The molecule has 0 unspecified atom stereocenters. The first-order valence-electron chi connectivity index (χ1n) is 13.5. The van der Waals surface area contributed by atoms with Gasteiger partial charge < -0.3 is 9.64 Å². The topological polar surface area (TPSA) is 107 Å². The van der Waals surface area contributed by atoms with Crippen LogP contribution in [0.2, 0.25) is 0 Å². The Kier molecular flexibility index (Phi) is 10.8. The van der Waals surface area contributed by atoms with Crippen molar-refractivity contribution >= 4 is 23.3 Å². The van der Waals surface area contributed by atoms with E-state index in [9.17, 15) is 14.0 Å². The van der Waals surface area contributed by atoms with Crippen molar-refractivity contribution in [3.05, 3.63) is 125 Å². The van der Waals surface area contributed by atoms with Crippen LogP contribution in [0.1, 0.15) is 56.1 Å². The predicted molar refractivity (Wildman–Crippen MR) is 155 cm³/mol. The van der Waals surface area contributed by atoms with Gasteiger partial charge in [0.25, 0.3) is 5.91 Å². The maximum absolute atomic E-state index is 13.1. The van der Waals surface area contributed by atoms with E-state index in [1.54, 1.807) is 35.4 Å². The van der Waals surface area contributed by atoms with E-state index in [1.807, 2.05) is 43.3 Å². The number of ketones is 1. The summed E-state index contributed by atoms with van der Waals surface area (Å²) in [7, 11) is 0. The highest BCUT2D eigenvalue weighted by atomic mass is 32.1. The fourth-order valence-electron chi connectivity index (χ4n) is 4.60. The smallest absolute Gasteiger partial charge is 0.335 e. The molecule has 8 nitrogen and oxygen atoms in total. The highest BCUT2D eigenvalue weighted by Gasteiger charge is 2.25. The van der Waals surface area contributed by atoms with Gasteiger partial charge in [0.1, 0.15) is 23.4 Å². The van der Waals surface area contributed by atoms with E-state index in [4.69, 9.17) is 13.2 Å². The minimum atomic E-state index is -0.750. The van der Waals surface area contributed by atoms with Crippen molar-refractivity contribution in [3.63, 3.8) is 0 Å². The Hall–Kier alpha value is -4.57. The third kappa shape index (κ3) is 8.71. The summed E-state index contributed by atoms with van der Waals surface area (Å²) in [6, 6.07) is 21.4. The van der Waals surface area contributed by atoms with Crippen molar-refractivity contribution in [1.82, 2.24) is 14.9 Å². The normalized spacial score (nSPS) is 13.0. The van der Waals surface area contributed by atoms with Crippen LogP contribution < -0.4 is 4.74 Å². The Morgan fingerprint density at radius 1 is 0.881 bits per heavy atom. The van der Waals surface area contributed by atoms with Crippen molar-refractivity contribution in [2.24, 2.45) is 0 Å². The number of carbonyl (C=O) groups is 2. The van der Waals surface area contributed by atoms with Crippen LogP contribution in [-0.2, 0) is 24.4 Å². The molecule has 0 N–H and O–H groups in total. The molecular weight excluding hydrogens is 557 g/mol. The van der Waals surface area contributed by atoms with Crippen LogP contribution >= 0.6 is 0 Å². The molecule has 0 radical (unpaired) electrons. The lowest BCUT2D eigenvalue weighted by molar-refractivity contribution is 0.0589. The molecular formula is C32H30FN3O5S. The number of piperidine rings is 1. The summed E-state index contributed by atoms with van der Waals surface area (Å²) in [6.45, 7) is 3.24. The number of nitrogens with zero attached hydrogens (tertiary/aromatic N) is 3. The minimum Gasteiger partial charge on any atom is -0.490 e. The molecule has 1 aliphatic heterocycles. The highest BCUT2D eigenvalue weighted by Crippen LogP contribution is 2.21. The molecule has 1 amide bonds.